The van der Waals surface area contributed by atoms with Crippen molar-refractivity contribution < 1.29 is 37.3 Å². The lowest BCUT2D eigenvalue weighted by molar-refractivity contribution is -0.192. The third-order valence-corrected chi connectivity index (χ3v) is 8.79. The molecule has 1 aromatic rings. The summed E-state index contributed by atoms with van der Waals surface area (Å²) in [7, 11) is 0. The van der Waals surface area contributed by atoms with Crippen molar-refractivity contribution in [3.63, 3.8) is 0 Å². The van der Waals surface area contributed by atoms with Crippen molar-refractivity contribution in [2.75, 3.05) is 13.3 Å². The summed E-state index contributed by atoms with van der Waals surface area (Å²) in [5, 5.41) is 10.9. The Balaban J connectivity index is 0.000000405. The Morgan fingerprint density at radius 3 is 2.51 bits per heavy atom. The normalized spacial score (nSPS) is 27.1. The van der Waals surface area contributed by atoms with Crippen LogP contribution in [0.3, 0.4) is 0 Å². The van der Waals surface area contributed by atoms with Gasteiger partial charge in [0.15, 0.2) is 0 Å². The fourth-order valence-corrected chi connectivity index (χ4v) is 7.03. The summed E-state index contributed by atoms with van der Waals surface area (Å²) in [5.41, 5.74) is 3.34. The van der Waals surface area contributed by atoms with Gasteiger partial charge in [-0.25, -0.2) is 4.79 Å². The maximum Gasteiger partial charge on any atom is 0.490 e. The number of nitrogens with one attached hydrogen (secondary N) is 1. The summed E-state index contributed by atoms with van der Waals surface area (Å²) in [6, 6.07) is 7.22. The number of halogens is 3. The molecule has 0 spiro atoms. The lowest BCUT2D eigenvalue weighted by Crippen LogP contribution is -2.59. The predicted molar refractivity (Wildman–Crippen MR) is 131 cm³/mol. The number of piperidine rings is 1. The van der Waals surface area contributed by atoms with E-state index in [0.29, 0.717) is 23.8 Å². The highest BCUT2D eigenvalue weighted by Crippen LogP contribution is 2.54. The number of esters is 1. The fourth-order valence-electron chi connectivity index (χ4n) is 7.03. The number of carboxylic acids is 1. The van der Waals surface area contributed by atoms with Crippen molar-refractivity contribution in [2.24, 2.45) is 11.8 Å². The molecule has 37 heavy (non-hydrogen) atoms. The van der Waals surface area contributed by atoms with Gasteiger partial charge >= 0.3 is 18.1 Å². The van der Waals surface area contributed by atoms with Crippen LogP contribution in [0.15, 0.2) is 18.2 Å². The van der Waals surface area contributed by atoms with Crippen LogP contribution in [0.5, 0.6) is 5.75 Å². The number of carbonyl (C=O) groups excluding carboxylic acids is 1. The number of carboxylic acid groups (broad SMARTS) is 1. The minimum absolute atomic E-state index is 0.0307. The molecular weight excluding hydrogens is 487 g/mol. The first-order chi connectivity index (χ1) is 17.7. The Hall–Kier alpha value is -2.29. The van der Waals surface area contributed by atoms with Crippen molar-refractivity contribution in [1.29, 1.82) is 0 Å². The Morgan fingerprint density at radius 1 is 1.05 bits per heavy atom. The highest BCUT2D eigenvalue weighted by molar-refractivity contribution is 5.73. The van der Waals surface area contributed by atoms with Crippen LogP contribution >= 0.6 is 0 Å². The van der Waals surface area contributed by atoms with E-state index in [1.54, 1.807) is 0 Å². The minimum atomic E-state index is -5.08. The number of benzene rings is 1. The quantitative estimate of drug-likeness (QED) is 0.355. The Morgan fingerprint density at radius 2 is 1.78 bits per heavy atom. The molecule has 1 aromatic carbocycles. The zero-order valence-electron chi connectivity index (χ0n) is 21.3. The second kappa shape index (κ2) is 12.0. The van der Waals surface area contributed by atoms with Crippen LogP contribution in [0.4, 0.5) is 13.2 Å². The van der Waals surface area contributed by atoms with Crippen LogP contribution < -0.4 is 10.1 Å². The third kappa shape index (κ3) is 6.78. The molecule has 6 nitrogen and oxygen atoms in total. The molecule has 5 rings (SSSR count). The number of fused-ring (bicyclic) bond motifs is 1. The van der Waals surface area contributed by atoms with Crippen molar-refractivity contribution in [3.05, 3.63) is 29.3 Å². The lowest BCUT2D eigenvalue weighted by Gasteiger charge is -2.56. The van der Waals surface area contributed by atoms with Crippen molar-refractivity contribution >= 4 is 11.9 Å². The molecule has 9 heteroatoms. The maximum atomic E-state index is 12.1. The number of rotatable bonds is 6. The monoisotopic (exact) mass is 525 g/mol. The molecule has 1 saturated heterocycles. The first kappa shape index (κ1) is 27.7. The molecule has 1 aliphatic heterocycles. The predicted octanol–water partition coefficient (Wildman–Crippen LogP) is 5.91. The zero-order valence-corrected chi connectivity index (χ0v) is 21.3. The molecule has 3 aliphatic carbocycles. The van der Waals surface area contributed by atoms with Gasteiger partial charge in [-0.3, -0.25) is 4.79 Å². The highest BCUT2D eigenvalue weighted by atomic mass is 19.4. The van der Waals surface area contributed by atoms with E-state index < -0.39 is 12.1 Å². The van der Waals surface area contributed by atoms with E-state index in [1.807, 2.05) is 0 Å². The number of hydrogen-bond acceptors (Lipinski definition) is 5. The second-order valence-corrected chi connectivity index (χ2v) is 11.0. The Kier molecular flexibility index (Phi) is 9.03. The number of hydrogen-bond donors (Lipinski definition) is 2. The molecule has 2 N–H and O–H groups in total. The number of carbonyl (C=O) groups is 2. The third-order valence-electron chi connectivity index (χ3n) is 8.79. The van der Waals surface area contributed by atoms with Gasteiger partial charge in [-0.1, -0.05) is 51.0 Å². The van der Waals surface area contributed by atoms with Gasteiger partial charge in [-0.05, 0) is 73.7 Å². The molecule has 0 aromatic heterocycles. The zero-order chi connectivity index (χ0) is 26.5. The fraction of sp³-hybridized carbons (Fsp3) is 0.714. The van der Waals surface area contributed by atoms with Gasteiger partial charge in [-0.2, -0.15) is 13.2 Å². The molecule has 4 aliphatic rings. The summed E-state index contributed by atoms with van der Waals surface area (Å²) < 4.78 is 43.0. The van der Waals surface area contributed by atoms with Gasteiger partial charge in [0, 0.05) is 17.9 Å². The smallest absolute Gasteiger partial charge is 0.475 e. The van der Waals surface area contributed by atoms with Gasteiger partial charge in [0.1, 0.15) is 5.75 Å². The first-order valence-electron chi connectivity index (χ1n) is 13.6. The Bertz CT molecular complexity index is 942. The summed E-state index contributed by atoms with van der Waals surface area (Å²) in [5.74, 6) is -0.549. The van der Waals surface area contributed by atoms with Gasteiger partial charge < -0.3 is 19.9 Å². The summed E-state index contributed by atoms with van der Waals surface area (Å²) >= 11 is 0. The van der Waals surface area contributed by atoms with Gasteiger partial charge in [-0.15, -0.1) is 0 Å². The molecule has 0 radical (unpaired) electrons. The van der Waals surface area contributed by atoms with Crippen molar-refractivity contribution in [3.8, 4) is 5.75 Å². The van der Waals surface area contributed by atoms with Crippen LogP contribution in [0.2, 0.25) is 0 Å². The second-order valence-electron chi connectivity index (χ2n) is 11.0. The van der Waals surface area contributed by atoms with Crippen LogP contribution in [-0.4, -0.2) is 42.6 Å². The molecular formula is C28H38F3NO5. The maximum absolute atomic E-state index is 12.1. The molecule has 0 amide bonds. The molecule has 1 heterocycles. The van der Waals surface area contributed by atoms with Gasteiger partial charge in [0.2, 0.25) is 6.79 Å². The van der Waals surface area contributed by atoms with Crippen LogP contribution in [-0.2, 0) is 26.2 Å². The van der Waals surface area contributed by atoms with E-state index in [1.165, 1.54) is 75.3 Å². The van der Waals surface area contributed by atoms with Crippen molar-refractivity contribution in [2.45, 2.75) is 101 Å². The van der Waals surface area contributed by atoms with E-state index in [0.717, 1.165) is 31.1 Å². The summed E-state index contributed by atoms with van der Waals surface area (Å²) in [6.45, 7) is 1.16. The van der Waals surface area contributed by atoms with Crippen LogP contribution in [0, 0.1) is 11.8 Å². The largest absolute Gasteiger partial charge is 0.490 e. The lowest BCUT2D eigenvalue weighted by atomic mass is 9.53. The SMILES string of the molecule is O=C(CCC1CCCCC1)OCOc1ccc2c(c1)[C@]13CCCC[C@@H]1[C@@H](C2)NCC3.O=C(O)C(F)(F)F. The van der Waals surface area contributed by atoms with Gasteiger partial charge in [0.25, 0.3) is 0 Å². The number of alkyl halides is 3. The van der Waals surface area contributed by atoms with E-state index in [2.05, 4.69) is 23.5 Å². The summed E-state index contributed by atoms with van der Waals surface area (Å²) in [4.78, 5) is 21.0. The number of ether oxygens (including phenoxy) is 2. The van der Waals surface area contributed by atoms with E-state index in [9.17, 15) is 18.0 Å². The van der Waals surface area contributed by atoms with Gasteiger partial charge in [0.05, 0.1) is 0 Å². The molecule has 3 fully saturated rings. The van der Waals surface area contributed by atoms with E-state index >= 15 is 0 Å². The molecule has 206 valence electrons. The average Bonchev–Trinajstić information content (AvgIpc) is 2.88. The van der Waals surface area contributed by atoms with Crippen LogP contribution in [0.25, 0.3) is 0 Å². The molecule has 2 saturated carbocycles. The molecule has 0 unspecified atom stereocenters. The molecule has 2 bridgehead atoms. The van der Waals surface area contributed by atoms with Crippen molar-refractivity contribution in [1.82, 2.24) is 5.32 Å². The standard InChI is InChI=1S/C26H37NO3.C2HF3O2/c28-25(12-9-19-6-2-1-3-7-19)30-18-29-21-11-10-20-16-24-22-8-4-5-13-26(22,14-15-27-24)23(20)17-21;3-2(4,5)1(6)7/h10-11,17,19,22,24,27H,1-9,12-16,18H2;(H,6,7)/t22-,24-,26+;/m1./s1. The summed E-state index contributed by atoms with van der Waals surface area (Å²) in [6.07, 6.45) is 10.7. The average molecular weight is 526 g/mol. The molecule has 3 atom stereocenters. The topological polar surface area (TPSA) is 84.9 Å². The number of aliphatic carboxylic acids is 1. The van der Waals surface area contributed by atoms with E-state index in [4.69, 9.17) is 19.4 Å². The van der Waals surface area contributed by atoms with E-state index in [-0.39, 0.29) is 12.8 Å². The highest BCUT2D eigenvalue weighted by Gasteiger charge is 2.51. The minimum Gasteiger partial charge on any atom is -0.475 e. The first-order valence-corrected chi connectivity index (χ1v) is 13.6. The van der Waals surface area contributed by atoms with Crippen LogP contribution in [0.1, 0.15) is 88.2 Å². The Labute approximate surface area is 216 Å².